The summed E-state index contributed by atoms with van der Waals surface area (Å²) < 4.78 is 5.06. The number of carbonyl (C=O) groups excluding carboxylic acids is 2. The summed E-state index contributed by atoms with van der Waals surface area (Å²) >= 11 is 0. The summed E-state index contributed by atoms with van der Waals surface area (Å²) in [5.74, 6) is -0.344. The second kappa shape index (κ2) is 11.9. The lowest BCUT2D eigenvalue weighted by molar-refractivity contribution is -0.156. The van der Waals surface area contributed by atoms with Gasteiger partial charge in [-0.2, -0.15) is 0 Å². The predicted octanol–water partition coefficient (Wildman–Crippen LogP) is 5.03. The molecule has 1 unspecified atom stereocenters. The SMILES string of the molecule is COC(=O)C1CN(Cc2ccccc2)CCN1C(=O)Cc1ccc(-c2cccc(-c3cc4ccncc4[nH]3)c2O)cc1. The van der Waals surface area contributed by atoms with Crippen molar-refractivity contribution in [1.29, 1.82) is 0 Å². The van der Waals surface area contributed by atoms with Crippen LogP contribution < -0.4 is 0 Å². The van der Waals surface area contributed by atoms with Gasteiger partial charge in [0.05, 0.1) is 30.9 Å². The van der Waals surface area contributed by atoms with Crippen molar-refractivity contribution < 1.29 is 19.4 Å². The average molecular weight is 561 g/mol. The number of benzene rings is 3. The maximum atomic E-state index is 13.4. The molecule has 5 aromatic rings. The molecule has 2 N–H and O–H groups in total. The van der Waals surface area contributed by atoms with Gasteiger partial charge in [0.25, 0.3) is 0 Å². The fourth-order valence-corrected chi connectivity index (χ4v) is 5.65. The van der Waals surface area contributed by atoms with Crippen LogP contribution in [-0.2, 0) is 27.3 Å². The molecular weight excluding hydrogens is 528 g/mol. The molecule has 42 heavy (non-hydrogen) atoms. The van der Waals surface area contributed by atoms with Gasteiger partial charge in [0, 0.05) is 48.9 Å². The zero-order valence-electron chi connectivity index (χ0n) is 23.4. The van der Waals surface area contributed by atoms with Crippen LogP contribution in [0, 0.1) is 0 Å². The van der Waals surface area contributed by atoms with E-state index in [1.165, 1.54) is 7.11 Å². The molecule has 8 heteroatoms. The van der Waals surface area contributed by atoms with Crippen LogP contribution >= 0.6 is 0 Å². The Kier molecular flexibility index (Phi) is 7.70. The number of amides is 1. The van der Waals surface area contributed by atoms with E-state index in [0.717, 1.165) is 33.3 Å². The minimum Gasteiger partial charge on any atom is -0.507 e. The number of methoxy groups -OCH3 is 1. The molecule has 1 saturated heterocycles. The van der Waals surface area contributed by atoms with Crippen molar-refractivity contribution in [2.45, 2.75) is 19.0 Å². The first-order chi connectivity index (χ1) is 20.5. The number of fused-ring (bicyclic) bond motifs is 1. The van der Waals surface area contributed by atoms with Crippen LogP contribution in [0.1, 0.15) is 11.1 Å². The minimum atomic E-state index is -0.653. The molecule has 0 aliphatic carbocycles. The lowest BCUT2D eigenvalue weighted by atomic mass is 9.98. The highest BCUT2D eigenvalue weighted by molar-refractivity contribution is 5.89. The number of para-hydroxylation sites is 1. The van der Waals surface area contributed by atoms with Crippen molar-refractivity contribution in [2.24, 2.45) is 0 Å². The summed E-state index contributed by atoms with van der Waals surface area (Å²) in [5, 5.41) is 12.2. The summed E-state index contributed by atoms with van der Waals surface area (Å²) in [6, 6.07) is 26.6. The zero-order chi connectivity index (χ0) is 29.1. The Morgan fingerprint density at radius 3 is 2.50 bits per heavy atom. The molecule has 0 bridgehead atoms. The van der Waals surface area contributed by atoms with Crippen molar-refractivity contribution in [3.8, 4) is 28.1 Å². The monoisotopic (exact) mass is 560 g/mol. The summed E-state index contributed by atoms with van der Waals surface area (Å²) in [6.07, 6.45) is 3.67. The van der Waals surface area contributed by atoms with Crippen molar-refractivity contribution >= 4 is 22.8 Å². The lowest BCUT2D eigenvalue weighted by Crippen LogP contribution is -2.58. The number of hydrogen-bond donors (Lipinski definition) is 2. The number of piperazine rings is 1. The Labute approximate surface area is 244 Å². The molecule has 1 fully saturated rings. The molecule has 3 heterocycles. The lowest BCUT2D eigenvalue weighted by Gasteiger charge is -2.40. The maximum Gasteiger partial charge on any atom is 0.329 e. The predicted molar refractivity (Wildman–Crippen MR) is 162 cm³/mol. The molecule has 1 aliphatic rings. The van der Waals surface area contributed by atoms with E-state index in [4.69, 9.17) is 4.74 Å². The molecule has 8 nitrogen and oxygen atoms in total. The number of hydrogen-bond acceptors (Lipinski definition) is 6. The zero-order valence-corrected chi connectivity index (χ0v) is 23.4. The normalized spacial score (nSPS) is 15.5. The van der Waals surface area contributed by atoms with Crippen LogP contribution in [0.4, 0.5) is 0 Å². The van der Waals surface area contributed by atoms with E-state index in [1.807, 2.05) is 72.8 Å². The third-order valence-corrected chi connectivity index (χ3v) is 7.88. The van der Waals surface area contributed by atoms with Crippen molar-refractivity contribution in [2.75, 3.05) is 26.7 Å². The number of ether oxygens (including phenoxy) is 1. The van der Waals surface area contributed by atoms with E-state index >= 15 is 0 Å². The molecule has 1 aliphatic heterocycles. The summed E-state index contributed by atoms with van der Waals surface area (Å²) in [7, 11) is 1.36. The topological polar surface area (TPSA) is 98.8 Å². The number of aromatic nitrogens is 2. The number of nitrogens with one attached hydrogen (secondary N) is 1. The van der Waals surface area contributed by atoms with Crippen LogP contribution in [-0.4, -0.2) is 69.5 Å². The Morgan fingerprint density at radius 2 is 1.74 bits per heavy atom. The molecule has 0 spiro atoms. The number of pyridine rings is 1. The van der Waals surface area contributed by atoms with Gasteiger partial charge in [-0.3, -0.25) is 14.7 Å². The highest BCUT2D eigenvalue weighted by Gasteiger charge is 2.36. The highest BCUT2D eigenvalue weighted by atomic mass is 16.5. The highest BCUT2D eigenvalue weighted by Crippen LogP contribution is 2.38. The van der Waals surface area contributed by atoms with Gasteiger partial charge < -0.3 is 19.7 Å². The molecule has 2 aromatic heterocycles. The largest absolute Gasteiger partial charge is 0.507 e. The van der Waals surface area contributed by atoms with Gasteiger partial charge in [-0.25, -0.2) is 4.79 Å². The Balaban J connectivity index is 1.16. The van der Waals surface area contributed by atoms with Gasteiger partial charge in [0.15, 0.2) is 0 Å². The molecule has 3 aromatic carbocycles. The summed E-state index contributed by atoms with van der Waals surface area (Å²) in [4.78, 5) is 37.4. The number of carbonyl (C=O) groups is 2. The van der Waals surface area contributed by atoms with Gasteiger partial charge in [-0.15, -0.1) is 0 Å². The van der Waals surface area contributed by atoms with E-state index in [1.54, 1.807) is 17.3 Å². The Hall–Kier alpha value is -4.95. The number of rotatable bonds is 7. The first-order valence-corrected chi connectivity index (χ1v) is 14.0. The fourth-order valence-electron chi connectivity index (χ4n) is 5.65. The van der Waals surface area contributed by atoms with Gasteiger partial charge in [0.2, 0.25) is 5.91 Å². The molecule has 212 valence electrons. The third kappa shape index (κ3) is 5.62. The van der Waals surface area contributed by atoms with Crippen molar-refractivity contribution in [3.05, 3.63) is 108 Å². The number of aromatic amines is 1. The summed E-state index contributed by atoms with van der Waals surface area (Å²) in [6.45, 7) is 2.27. The second-order valence-corrected chi connectivity index (χ2v) is 10.6. The molecule has 0 radical (unpaired) electrons. The van der Waals surface area contributed by atoms with Crippen LogP contribution in [0.25, 0.3) is 33.3 Å². The third-order valence-electron chi connectivity index (χ3n) is 7.88. The van der Waals surface area contributed by atoms with E-state index in [-0.39, 0.29) is 18.1 Å². The number of nitrogens with zero attached hydrogens (tertiary/aromatic N) is 3. The van der Waals surface area contributed by atoms with Gasteiger partial charge in [0.1, 0.15) is 11.8 Å². The molecule has 0 saturated carbocycles. The smallest absolute Gasteiger partial charge is 0.329 e. The van der Waals surface area contributed by atoms with Crippen LogP contribution in [0.3, 0.4) is 0 Å². The fraction of sp³-hybridized carbons (Fsp3) is 0.206. The van der Waals surface area contributed by atoms with E-state index in [0.29, 0.717) is 37.3 Å². The first-order valence-electron chi connectivity index (χ1n) is 14.0. The number of esters is 1. The second-order valence-electron chi connectivity index (χ2n) is 10.6. The van der Waals surface area contributed by atoms with E-state index < -0.39 is 12.0 Å². The molecule has 6 rings (SSSR count). The molecule has 1 amide bonds. The van der Waals surface area contributed by atoms with Crippen molar-refractivity contribution in [3.63, 3.8) is 0 Å². The number of phenols is 1. The Morgan fingerprint density at radius 1 is 0.952 bits per heavy atom. The Bertz CT molecular complexity index is 1680. The van der Waals surface area contributed by atoms with Crippen LogP contribution in [0.15, 0.2) is 97.3 Å². The summed E-state index contributed by atoms with van der Waals surface area (Å²) in [5.41, 5.74) is 5.94. The maximum absolute atomic E-state index is 13.4. The minimum absolute atomic E-state index is 0.115. The van der Waals surface area contributed by atoms with E-state index in [2.05, 4.69) is 27.0 Å². The molecular formula is C34H32N4O4. The van der Waals surface area contributed by atoms with Crippen LogP contribution in [0.5, 0.6) is 5.75 Å². The van der Waals surface area contributed by atoms with Gasteiger partial charge in [-0.1, -0.05) is 66.7 Å². The average Bonchev–Trinajstić information content (AvgIpc) is 3.46. The number of phenolic OH excluding ortho intramolecular Hbond substituents is 1. The first kappa shape index (κ1) is 27.2. The van der Waals surface area contributed by atoms with E-state index in [9.17, 15) is 14.7 Å². The van der Waals surface area contributed by atoms with Crippen LogP contribution in [0.2, 0.25) is 0 Å². The quantitative estimate of drug-likeness (QED) is 0.271. The standard InChI is InChI=1S/C34H32N4O4/c1-42-34(41)31-22-37(21-24-6-3-2-4-7-24)16-17-38(31)32(39)18-23-10-12-25(13-11-23)27-8-5-9-28(33(27)40)29-19-26-14-15-35-20-30(26)36-29/h2-15,19-20,31,36,40H,16-18,21-22H2,1H3. The number of H-pyrrole nitrogens is 1. The van der Waals surface area contributed by atoms with Gasteiger partial charge in [-0.05, 0) is 34.9 Å². The number of aromatic hydroxyl groups is 1. The molecule has 1 atom stereocenters. The van der Waals surface area contributed by atoms with Crippen molar-refractivity contribution in [1.82, 2.24) is 19.8 Å². The van der Waals surface area contributed by atoms with Gasteiger partial charge >= 0.3 is 5.97 Å².